The highest BCUT2D eigenvalue weighted by Gasteiger charge is 2.11. The number of amides is 1. The Morgan fingerprint density at radius 2 is 1.68 bits per heavy atom. The number of benzene rings is 2. The van der Waals surface area contributed by atoms with Crippen molar-refractivity contribution in [2.24, 2.45) is 5.73 Å². The number of aromatic nitrogens is 1. The van der Waals surface area contributed by atoms with Gasteiger partial charge in [-0.1, -0.05) is 54.2 Å². The van der Waals surface area contributed by atoms with Crippen LogP contribution in [0.4, 0.5) is 0 Å². The number of primary amides is 1. The largest absolute Gasteiger partial charge is 0.365 e. The summed E-state index contributed by atoms with van der Waals surface area (Å²) in [4.78, 5) is 18.4. The summed E-state index contributed by atoms with van der Waals surface area (Å²) in [5.41, 5.74) is 7.78. The van der Waals surface area contributed by atoms with Crippen molar-refractivity contribution in [3.8, 4) is 11.1 Å². The monoisotopic (exact) mass is 362 g/mol. The second-order valence-corrected chi connectivity index (χ2v) is 7.72. The minimum atomic E-state index is -0.399. The molecule has 0 fully saturated rings. The van der Waals surface area contributed by atoms with Gasteiger partial charge in [-0.25, -0.2) is 0 Å². The Balaban J connectivity index is 1.64. The molecule has 0 saturated heterocycles. The molecule has 0 radical (unpaired) electrons. The minimum absolute atomic E-state index is 0.399. The number of pyridine rings is 1. The molecule has 3 nitrogen and oxygen atoms in total. The van der Waals surface area contributed by atoms with Crippen LogP contribution in [0.25, 0.3) is 21.2 Å². The molecule has 4 aromatic rings. The normalized spacial score (nSPS) is 10.9. The van der Waals surface area contributed by atoms with E-state index in [9.17, 15) is 4.79 Å². The van der Waals surface area contributed by atoms with Crippen molar-refractivity contribution in [1.82, 2.24) is 4.98 Å². The Kier molecular flexibility index (Phi) is 4.26. The average molecular weight is 362 g/mol. The zero-order valence-corrected chi connectivity index (χ0v) is 14.8. The summed E-state index contributed by atoms with van der Waals surface area (Å²) in [7, 11) is 0. The zero-order valence-electron chi connectivity index (χ0n) is 13.2. The molecule has 2 heterocycles. The zero-order chi connectivity index (χ0) is 17.2. The maximum atomic E-state index is 11.4. The Labute approximate surface area is 153 Å². The summed E-state index contributed by atoms with van der Waals surface area (Å²) in [6.45, 7) is 0. The van der Waals surface area contributed by atoms with E-state index in [0.717, 1.165) is 19.9 Å². The number of nitrogens with zero attached hydrogens (tertiary/aromatic N) is 1. The predicted octanol–water partition coefficient (Wildman–Crippen LogP) is 5.21. The Bertz CT molecular complexity index is 1040. The van der Waals surface area contributed by atoms with Crippen LogP contribution >= 0.6 is 23.1 Å². The first-order valence-electron chi connectivity index (χ1n) is 7.71. The Morgan fingerprint density at radius 3 is 2.40 bits per heavy atom. The molecule has 0 aliphatic carbocycles. The molecule has 2 N–H and O–H groups in total. The summed E-state index contributed by atoms with van der Waals surface area (Å²) in [6.07, 6.45) is 3.60. The van der Waals surface area contributed by atoms with E-state index in [2.05, 4.69) is 41.4 Å². The maximum Gasteiger partial charge on any atom is 0.258 e. The van der Waals surface area contributed by atoms with Gasteiger partial charge < -0.3 is 5.73 Å². The predicted molar refractivity (Wildman–Crippen MR) is 104 cm³/mol. The molecule has 0 atom stereocenters. The van der Waals surface area contributed by atoms with Crippen LogP contribution in [0, 0.1) is 0 Å². The number of thiophene rings is 1. The van der Waals surface area contributed by atoms with Crippen molar-refractivity contribution < 1.29 is 4.79 Å². The van der Waals surface area contributed by atoms with Gasteiger partial charge in [0.2, 0.25) is 0 Å². The van der Waals surface area contributed by atoms with E-state index < -0.39 is 5.91 Å². The van der Waals surface area contributed by atoms with Gasteiger partial charge >= 0.3 is 0 Å². The van der Waals surface area contributed by atoms with Gasteiger partial charge in [-0.2, -0.15) is 0 Å². The molecule has 0 aliphatic heterocycles. The van der Waals surface area contributed by atoms with Crippen LogP contribution in [0.3, 0.4) is 0 Å². The number of nitrogens with two attached hydrogens (primary N) is 1. The van der Waals surface area contributed by atoms with E-state index >= 15 is 0 Å². The van der Waals surface area contributed by atoms with Gasteiger partial charge in [0.1, 0.15) is 0 Å². The number of carbonyl (C=O) groups excluding carboxylic acids is 1. The van der Waals surface area contributed by atoms with Crippen LogP contribution in [-0.2, 0) is 0 Å². The molecule has 0 unspecified atom stereocenters. The van der Waals surface area contributed by atoms with Crippen molar-refractivity contribution in [2.45, 2.75) is 9.79 Å². The molecule has 0 saturated carbocycles. The Hall–Kier alpha value is -2.63. The van der Waals surface area contributed by atoms with Gasteiger partial charge in [-0.3, -0.25) is 9.78 Å². The quantitative estimate of drug-likeness (QED) is 0.542. The molecule has 4 rings (SSSR count). The van der Waals surface area contributed by atoms with E-state index in [1.807, 2.05) is 30.5 Å². The number of fused-ring (bicyclic) bond motifs is 1. The van der Waals surface area contributed by atoms with Gasteiger partial charge in [-0.15, -0.1) is 11.3 Å². The Morgan fingerprint density at radius 1 is 0.960 bits per heavy atom. The van der Waals surface area contributed by atoms with Crippen LogP contribution in [0.5, 0.6) is 0 Å². The average Bonchev–Trinajstić information content (AvgIpc) is 3.09. The number of carbonyl (C=O) groups is 1. The summed E-state index contributed by atoms with van der Waals surface area (Å²) in [5.74, 6) is -0.399. The van der Waals surface area contributed by atoms with Crippen molar-refractivity contribution in [2.75, 3.05) is 0 Å². The highest BCUT2D eigenvalue weighted by molar-refractivity contribution is 7.99. The summed E-state index contributed by atoms with van der Waals surface area (Å²) >= 11 is 3.02. The molecule has 1 amide bonds. The second kappa shape index (κ2) is 6.70. The second-order valence-electron chi connectivity index (χ2n) is 5.52. The van der Waals surface area contributed by atoms with Crippen LogP contribution in [-0.4, -0.2) is 10.9 Å². The lowest BCUT2D eigenvalue weighted by Gasteiger charge is -2.05. The van der Waals surface area contributed by atoms with Gasteiger partial charge in [-0.05, 0) is 29.3 Å². The van der Waals surface area contributed by atoms with E-state index in [1.165, 1.54) is 22.5 Å². The fraction of sp³-hybridized carbons (Fsp3) is 0. The smallest absolute Gasteiger partial charge is 0.258 e. The molecule has 25 heavy (non-hydrogen) atoms. The number of hydrogen-bond donors (Lipinski definition) is 1. The third-order valence-electron chi connectivity index (χ3n) is 3.84. The summed E-state index contributed by atoms with van der Waals surface area (Å²) in [6, 6.07) is 20.6. The fourth-order valence-corrected chi connectivity index (χ4v) is 4.50. The highest BCUT2D eigenvalue weighted by atomic mass is 32.2. The van der Waals surface area contributed by atoms with E-state index in [4.69, 9.17) is 5.73 Å². The van der Waals surface area contributed by atoms with E-state index in [0.29, 0.717) is 4.88 Å². The topological polar surface area (TPSA) is 56.0 Å². The van der Waals surface area contributed by atoms with Gasteiger partial charge in [0.25, 0.3) is 5.91 Å². The first kappa shape index (κ1) is 15.9. The van der Waals surface area contributed by atoms with Crippen molar-refractivity contribution in [1.29, 1.82) is 0 Å². The lowest BCUT2D eigenvalue weighted by Crippen LogP contribution is -2.08. The van der Waals surface area contributed by atoms with Crippen LogP contribution in [0.2, 0.25) is 0 Å². The minimum Gasteiger partial charge on any atom is -0.365 e. The van der Waals surface area contributed by atoms with Gasteiger partial charge in [0, 0.05) is 27.6 Å². The van der Waals surface area contributed by atoms with Crippen molar-refractivity contribution in [3.63, 3.8) is 0 Å². The molecule has 5 heteroatoms. The number of rotatable bonds is 4. The van der Waals surface area contributed by atoms with E-state index in [1.54, 1.807) is 18.0 Å². The highest BCUT2D eigenvalue weighted by Crippen LogP contribution is 2.37. The third kappa shape index (κ3) is 3.29. The van der Waals surface area contributed by atoms with Crippen LogP contribution in [0.15, 0.2) is 82.8 Å². The molecule has 0 bridgehead atoms. The standard InChI is InChI=1S/C20H14N2OS2/c21-20(23)17-10-16-18(11-22-12-19(16)25-17)24-15-8-6-14(7-9-15)13-4-2-1-3-5-13/h1-12H,(H2,21,23). The summed E-state index contributed by atoms with van der Waals surface area (Å²) < 4.78 is 0.972. The van der Waals surface area contributed by atoms with Crippen molar-refractivity contribution in [3.05, 3.63) is 77.9 Å². The molecule has 2 aromatic carbocycles. The lowest BCUT2D eigenvalue weighted by molar-refractivity contribution is 0.100. The van der Waals surface area contributed by atoms with E-state index in [-0.39, 0.29) is 0 Å². The molecule has 0 spiro atoms. The van der Waals surface area contributed by atoms with Crippen molar-refractivity contribution >= 4 is 39.1 Å². The van der Waals surface area contributed by atoms with Gasteiger partial charge in [0.15, 0.2) is 0 Å². The first-order chi connectivity index (χ1) is 12.2. The first-order valence-corrected chi connectivity index (χ1v) is 9.35. The SMILES string of the molecule is NC(=O)c1cc2c(Sc3ccc(-c4ccccc4)cc3)cncc2s1. The van der Waals surface area contributed by atoms with Gasteiger partial charge in [0.05, 0.1) is 9.58 Å². The lowest BCUT2D eigenvalue weighted by atomic mass is 10.1. The molecule has 2 aromatic heterocycles. The number of hydrogen-bond acceptors (Lipinski definition) is 4. The molecular formula is C20H14N2OS2. The van der Waals surface area contributed by atoms with Crippen LogP contribution < -0.4 is 5.73 Å². The molecular weight excluding hydrogens is 348 g/mol. The van der Waals surface area contributed by atoms with Crippen LogP contribution in [0.1, 0.15) is 9.67 Å². The fourth-order valence-electron chi connectivity index (χ4n) is 2.61. The summed E-state index contributed by atoms with van der Waals surface area (Å²) in [5, 5.41) is 1.02. The molecule has 122 valence electrons. The molecule has 0 aliphatic rings. The maximum absolute atomic E-state index is 11.4. The third-order valence-corrected chi connectivity index (χ3v) is 5.98.